The number of hydrogen-bond acceptors (Lipinski definition) is 5. The molecule has 0 saturated carbocycles. The Labute approximate surface area is 132 Å². The van der Waals surface area contributed by atoms with Gasteiger partial charge in [-0.05, 0) is 18.2 Å². The molecule has 2 heterocycles. The molecule has 0 bridgehead atoms. The molecule has 0 spiro atoms. The summed E-state index contributed by atoms with van der Waals surface area (Å²) in [6.45, 7) is 4.16. The zero-order valence-corrected chi connectivity index (χ0v) is 12.8. The fourth-order valence-corrected chi connectivity index (χ4v) is 2.63. The van der Waals surface area contributed by atoms with E-state index in [2.05, 4.69) is 15.2 Å². The third kappa shape index (κ3) is 3.21. The molecule has 2 aromatic rings. The normalized spacial score (nSPS) is 16.1. The smallest absolute Gasteiger partial charge is 0.169 e. The zero-order valence-electron chi connectivity index (χ0n) is 12.0. The number of morpholine rings is 1. The van der Waals surface area contributed by atoms with Crippen LogP contribution in [0.3, 0.4) is 0 Å². The Hall–Kier alpha value is -1.70. The first kappa shape index (κ1) is 15.2. The van der Waals surface area contributed by atoms with Crippen LogP contribution in [0, 0.1) is 5.82 Å². The summed E-state index contributed by atoms with van der Waals surface area (Å²) < 4.78 is 20.2. The van der Waals surface area contributed by atoms with E-state index in [4.69, 9.17) is 22.1 Å². The van der Waals surface area contributed by atoms with Crippen LogP contribution in [0.25, 0.3) is 5.69 Å². The molecule has 0 amide bonds. The minimum absolute atomic E-state index is 0.0469. The second-order valence-corrected chi connectivity index (χ2v) is 5.54. The molecule has 0 atom stereocenters. The van der Waals surface area contributed by atoms with E-state index < -0.39 is 5.82 Å². The summed E-state index contributed by atoms with van der Waals surface area (Å²) in [7, 11) is 0. The lowest BCUT2D eigenvalue weighted by Gasteiger charge is -2.26. The highest BCUT2D eigenvalue weighted by molar-refractivity contribution is 6.30. The average Bonchev–Trinajstić information content (AvgIpc) is 2.90. The summed E-state index contributed by atoms with van der Waals surface area (Å²) >= 11 is 5.83. The summed E-state index contributed by atoms with van der Waals surface area (Å²) in [5.74, 6) is -0.0814. The lowest BCUT2D eigenvalue weighted by atomic mass is 10.2. The van der Waals surface area contributed by atoms with E-state index in [0.717, 1.165) is 38.5 Å². The van der Waals surface area contributed by atoms with Crippen molar-refractivity contribution < 1.29 is 9.13 Å². The van der Waals surface area contributed by atoms with Crippen LogP contribution in [0.2, 0.25) is 5.02 Å². The van der Waals surface area contributed by atoms with Gasteiger partial charge in [0.2, 0.25) is 0 Å². The number of hydrogen-bond donors (Lipinski definition) is 1. The highest BCUT2D eigenvalue weighted by Crippen LogP contribution is 2.21. The number of rotatable bonds is 4. The monoisotopic (exact) mass is 325 g/mol. The lowest BCUT2D eigenvalue weighted by Crippen LogP contribution is -2.37. The second-order valence-electron chi connectivity index (χ2n) is 5.14. The van der Waals surface area contributed by atoms with Gasteiger partial charge in [-0.15, -0.1) is 5.10 Å². The van der Waals surface area contributed by atoms with Crippen LogP contribution in [0.15, 0.2) is 18.2 Å². The fourth-order valence-electron chi connectivity index (χ4n) is 2.46. The maximum Gasteiger partial charge on any atom is 0.169 e. The molecule has 1 aliphatic rings. The Balaban J connectivity index is 1.79. The Morgan fingerprint density at radius 1 is 1.32 bits per heavy atom. The molecule has 1 aliphatic heterocycles. The van der Waals surface area contributed by atoms with Crippen molar-refractivity contribution in [2.45, 2.75) is 6.42 Å². The number of nitrogens with two attached hydrogens (primary N) is 1. The number of nitrogens with zero attached hydrogens (tertiary/aromatic N) is 4. The van der Waals surface area contributed by atoms with Gasteiger partial charge in [0.1, 0.15) is 5.82 Å². The van der Waals surface area contributed by atoms with E-state index in [1.54, 1.807) is 10.7 Å². The van der Waals surface area contributed by atoms with Gasteiger partial charge >= 0.3 is 0 Å². The topological polar surface area (TPSA) is 69.2 Å². The zero-order chi connectivity index (χ0) is 15.5. The fraction of sp³-hybridized carbons (Fsp3) is 0.429. The van der Waals surface area contributed by atoms with Crippen molar-refractivity contribution in [1.82, 2.24) is 19.9 Å². The molecular formula is C14H17ClFN5O. The summed E-state index contributed by atoms with van der Waals surface area (Å²) in [5.41, 5.74) is 7.36. The van der Waals surface area contributed by atoms with Crippen LogP contribution >= 0.6 is 11.6 Å². The number of halogens is 2. The third-order valence-corrected chi connectivity index (χ3v) is 4.00. The predicted octanol–water partition coefficient (Wildman–Crippen LogP) is 1.52. The van der Waals surface area contributed by atoms with E-state index in [1.165, 1.54) is 12.1 Å². The third-order valence-electron chi connectivity index (χ3n) is 3.71. The Kier molecular flexibility index (Phi) is 4.56. The molecule has 0 aliphatic carbocycles. The first-order valence-corrected chi connectivity index (χ1v) is 7.48. The van der Waals surface area contributed by atoms with E-state index in [0.29, 0.717) is 17.9 Å². The average molecular weight is 326 g/mol. The molecular weight excluding hydrogens is 309 g/mol. The predicted molar refractivity (Wildman–Crippen MR) is 81.7 cm³/mol. The van der Waals surface area contributed by atoms with Gasteiger partial charge in [-0.3, -0.25) is 4.90 Å². The molecule has 1 fully saturated rings. The molecule has 8 heteroatoms. The van der Waals surface area contributed by atoms with Crippen molar-refractivity contribution in [2.24, 2.45) is 0 Å². The van der Waals surface area contributed by atoms with Gasteiger partial charge in [0, 0.05) is 26.1 Å². The van der Waals surface area contributed by atoms with Gasteiger partial charge in [0.15, 0.2) is 5.82 Å². The van der Waals surface area contributed by atoms with Gasteiger partial charge in [-0.1, -0.05) is 16.8 Å². The Morgan fingerprint density at radius 2 is 2.09 bits per heavy atom. The number of nitrogen functional groups attached to an aromatic ring is 1. The Morgan fingerprint density at radius 3 is 2.82 bits per heavy atom. The standard InChI is InChI=1S/C14H17ClFN5O/c15-11-9-10(1-2-12(11)16)21-13(14(17)18-19-21)3-4-20-5-7-22-8-6-20/h1-2,9H,3-8,17H2. The molecule has 0 unspecified atom stereocenters. The van der Waals surface area contributed by atoms with Crippen molar-refractivity contribution in [3.05, 3.63) is 34.7 Å². The Bertz CT molecular complexity index is 657. The first-order chi connectivity index (χ1) is 10.6. The molecule has 118 valence electrons. The number of benzene rings is 1. The number of anilines is 1. The molecule has 1 aromatic heterocycles. The van der Waals surface area contributed by atoms with Crippen molar-refractivity contribution >= 4 is 17.4 Å². The van der Waals surface area contributed by atoms with Gasteiger partial charge in [-0.2, -0.15) is 0 Å². The molecule has 0 radical (unpaired) electrons. The van der Waals surface area contributed by atoms with E-state index >= 15 is 0 Å². The van der Waals surface area contributed by atoms with Crippen LogP contribution in [0.1, 0.15) is 5.69 Å². The SMILES string of the molecule is Nc1nnn(-c2ccc(F)c(Cl)c2)c1CCN1CCOCC1. The summed E-state index contributed by atoms with van der Waals surface area (Å²) in [6.07, 6.45) is 0.702. The van der Waals surface area contributed by atoms with Gasteiger partial charge in [0.25, 0.3) is 0 Å². The van der Waals surface area contributed by atoms with E-state index in [1.807, 2.05) is 0 Å². The lowest BCUT2D eigenvalue weighted by molar-refractivity contribution is 0.0383. The summed E-state index contributed by atoms with van der Waals surface area (Å²) in [6, 6.07) is 4.43. The summed E-state index contributed by atoms with van der Waals surface area (Å²) in [5, 5.41) is 8.00. The minimum atomic E-state index is -0.464. The van der Waals surface area contributed by atoms with Gasteiger partial charge in [-0.25, -0.2) is 9.07 Å². The first-order valence-electron chi connectivity index (χ1n) is 7.11. The quantitative estimate of drug-likeness (QED) is 0.923. The molecule has 22 heavy (non-hydrogen) atoms. The molecule has 6 nitrogen and oxygen atoms in total. The molecule has 3 rings (SSSR count). The number of aromatic nitrogens is 3. The van der Waals surface area contributed by atoms with Crippen LogP contribution in [-0.4, -0.2) is 52.7 Å². The number of ether oxygens (including phenoxy) is 1. The van der Waals surface area contributed by atoms with Crippen LogP contribution in [0.5, 0.6) is 0 Å². The maximum atomic E-state index is 13.3. The van der Waals surface area contributed by atoms with Gasteiger partial charge in [0.05, 0.1) is 29.6 Å². The van der Waals surface area contributed by atoms with Crippen molar-refractivity contribution in [2.75, 3.05) is 38.6 Å². The molecule has 1 aromatic carbocycles. The van der Waals surface area contributed by atoms with E-state index in [-0.39, 0.29) is 5.02 Å². The second kappa shape index (κ2) is 6.60. The minimum Gasteiger partial charge on any atom is -0.381 e. The van der Waals surface area contributed by atoms with Crippen molar-refractivity contribution in [3.8, 4) is 5.69 Å². The highest BCUT2D eigenvalue weighted by atomic mass is 35.5. The summed E-state index contributed by atoms with van der Waals surface area (Å²) in [4.78, 5) is 2.30. The largest absolute Gasteiger partial charge is 0.381 e. The van der Waals surface area contributed by atoms with Crippen molar-refractivity contribution in [1.29, 1.82) is 0 Å². The van der Waals surface area contributed by atoms with Crippen LogP contribution in [-0.2, 0) is 11.2 Å². The van der Waals surface area contributed by atoms with Crippen LogP contribution in [0.4, 0.5) is 10.2 Å². The highest BCUT2D eigenvalue weighted by Gasteiger charge is 2.16. The van der Waals surface area contributed by atoms with Crippen molar-refractivity contribution in [3.63, 3.8) is 0 Å². The van der Waals surface area contributed by atoms with Crippen LogP contribution < -0.4 is 5.73 Å². The molecule has 2 N–H and O–H groups in total. The maximum absolute atomic E-state index is 13.3. The van der Waals surface area contributed by atoms with Gasteiger partial charge < -0.3 is 10.5 Å². The molecule has 1 saturated heterocycles. The van der Waals surface area contributed by atoms with E-state index in [9.17, 15) is 4.39 Å².